The first-order valence-electron chi connectivity index (χ1n) is 6.09. The van der Waals surface area contributed by atoms with Crippen molar-refractivity contribution in [3.8, 4) is 9.88 Å². The van der Waals surface area contributed by atoms with Gasteiger partial charge in [0.1, 0.15) is 0 Å². The van der Waals surface area contributed by atoms with Crippen LogP contribution in [0.15, 0.2) is 5.51 Å². The van der Waals surface area contributed by atoms with Crippen LogP contribution in [-0.2, 0) is 0 Å². The Morgan fingerprint density at radius 3 is 2.67 bits per heavy atom. The van der Waals surface area contributed by atoms with Crippen molar-refractivity contribution in [2.24, 2.45) is 5.92 Å². The summed E-state index contributed by atoms with van der Waals surface area (Å²) in [4.78, 5) is 5.57. The summed E-state index contributed by atoms with van der Waals surface area (Å²) in [6.07, 6.45) is 0. The average Bonchev–Trinajstić information content (AvgIpc) is 2.94. The number of hydrogen-bond donors (Lipinski definition) is 1. The third-order valence-corrected chi connectivity index (χ3v) is 4.30. The van der Waals surface area contributed by atoms with Crippen LogP contribution in [0.2, 0.25) is 0 Å². The fraction of sp³-hybridized carbons (Fsp3) is 0.583. The van der Waals surface area contributed by atoms with E-state index in [1.807, 2.05) is 5.51 Å². The average molecular weight is 282 g/mol. The van der Waals surface area contributed by atoms with Crippen LogP contribution >= 0.6 is 22.7 Å². The Morgan fingerprint density at radius 1 is 1.22 bits per heavy atom. The molecule has 0 saturated heterocycles. The molecule has 2 aromatic rings. The molecule has 0 aromatic carbocycles. The summed E-state index contributed by atoms with van der Waals surface area (Å²) in [5, 5.41) is 13.6. The van der Waals surface area contributed by atoms with Gasteiger partial charge >= 0.3 is 0 Å². The molecule has 0 saturated carbocycles. The Morgan fingerprint density at radius 2 is 2.00 bits per heavy atom. The van der Waals surface area contributed by atoms with E-state index in [9.17, 15) is 0 Å². The van der Waals surface area contributed by atoms with Gasteiger partial charge in [-0.25, -0.2) is 4.98 Å². The highest BCUT2D eigenvalue weighted by Gasteiger charge is 2.16. The number of rotatable bonds is 5. The lowest BCUT2D eigenvalue weighted by atomic mass is 10.1. The van der Waals surface area contributed by atoms with Crippen LogP contribution in [0.25, 0.3) is 9.88 Å². The Labute approximate surface area is 116 Å². The Hall–Kier alpha value is -1.01. The summed E-state index contributed by atoms with van der Waals surface area (Å²) in [6, 6.07) is 0. The monoisotopic (exact) mass is 282 g/mol. The van der Waals surface area contributed by atoms with Gasteiger partial charge in [-0.3, -0.25) is 0 Å². The molecule has 2 aromatic heterocycles. The molecule has 2 heterocycles. The topological polar surface area (TPSA) is 50.7 Å². The molecule has 0 aliphatic rings. The third-order valence-electron chi connectivity index (χ3n) is 2.42. The summed E-state index contributed by atoms with van der Waals surface area (Å²) in [6.45, 7) is 9.58. The van der Waals surface area contributed by atoms with Crippen LogP contribution < -0.4 is 5.32 Å². The molecule has 1 N–H and O–H groups in total. The first kappa shape index (κ1) is 13.4. The summed E-state index contributed by atoms with van der Waals surface area (Å²) in [7, 11) is 0. The number of thiazole rings is 1. The van der Waals surface area contributed by atoms with E-state index in [-0.39, 0.29) is 0 Å². The lowest BCUT2D eigenvalue weighted by Gasteiger charge is -2.03. The minimum Gasteiger partial charge on any atom is -0.360 e. The van der Waals surface area contributed by atoms with Gasteiger partial charge < -0.3 is 5.32 Å². The first-order valence-corrected chi connectivity index (χ1v) is 7.78. The lowest BCUT2D eigenvalue weighted by molar-refractivity contribution is 0.687. The number of aromatic nitrogens is 3. The number of anilines is 1. The summed E-state index contributed by atoms with van der Waals surface area (Å²) < 4.78 is 0. The predicted molar refractivity (Wildman–Crippen MR) is 78.4 cm³/mol. The zero-order valence-corrected chi connectivity index (χ0v) is 12.7. The SMILES string of the molecule is CC(C)CNc1nnc(-c2scnc2C(C)C)s1. The molecule has 0 unspecified atom stereocenters. The van der Waals surface area contributed by atoms with Crippen molar-refractivity contribution in [1.82, 2.24) is 15.2 Å². The molecule has 0 spiro atoms. The van der Waals surface area contributed by atoms with Crippen molar-refractivity contribution in [1.29, 1.82) is 0 Å². The first-order chi connectivity index (χ1) is 8.58. The van der Waals surface area contributed by atoms with Crippen molar-refractivity contribution in [2.75, 3.05) is 11.9 Å². The van der Waals surface area contributed by atoms with Crippen LogP contribution in [0.5, 0.6) is 0 Å². The molecular formula is C12H18N4S2. The van der Waals surface area contributed by atoms with Crippen molar-refractivity contribution in [2.45, 2.75) is 33.6 Å². The number of hydrogen-bond acceptors (Lipinski definition) is 6. The van der Waals surface area contributed by atoms with Gasteiger partial charge in [-0.05, 0) is 11.8 Å². The van der Waals surface area contributed by atoms with Crippen molar-refractivity contribution in [3.05, 3.63) is 11.2 Å². The van der Waals surface area contributed by atoms with Crippen LogP contribution in [0.1, 0.15) is 39.3 Å². The molecule has 0 bridgehead atoms. The molecule has 0 amide bonds. The van der Waals surface area contributed by atoms with Crippen molar-refractivity contribution >= 4 is 27.8 Å². The minimum atomic E-state index is 0.419. The summed E-state index contributed by atoms with van der Waals surface area (Å²) in [5.74, 6) is 1.02. The van der Waals surface area contributed by atoms with Gasteiger partial charge in [0.25, 0.3) is 0 Å². The standard InChI is InChI=1S/C12H18N4S2/c1-7(2)5-13-12-16-15-11(18-12)10-9(8(3)4)14-6-17-10/h6-8H,5H2,1-4H3,(H,13,16). The highest BCUT2D eigenvalue weighted by atomic mass is 32.1. The highest BCUT2D eigenvalue weighted by Crippen LogP contribution is 2.35. The maximum Gasteiger partial charge on any atom is 0.206 e. The second kappa shape index (κ2) is 5.75. The fourth-order valence-corrected chi connectivity index (χ4v) is 3.29. The van der Waals surface area contributed by atoms with Crippen molar-refractivity contribution in [3.63, 3.8) is 0 Å². The summed E-state index contributed by atoms with van der Waals surface area (Å²) >= 11 is 3.24. The van der Waals surface area contributed by atoms with Crippen LogP contribution in [0.4, 0.5) is 5.13 Å². The van der Waals surface area contributed by atoms with E-state index in [0.717, 1.165) is 27.3 Å². The molecule has 0 atom stereocenters. The molecule has 0 aliphatic heterocycles. The van der Waals surface area contributed by atoms with E-state index in [1.54, 1.807) is 22.7 Å². The zero-order chi connectivity index (χ0) is 13.1. The van der Waals surface area contributed by atoms with Gasteiger partial charge in [0.05, 0.1) is 16.1 Å². The molecule has 4 nitrogen and oxygen atoms in total. The quantitative estimate of drug-likeness (QED) is 0.905. The third kappa shape index (κ3) is 3.05. The van der Waals surface area contributed by atoms with Gasteiger partial charge in [0.15, 0.2) is 5.01 Å². The van der Waals surface area contributed by atoms with E-state index in [1.165, 1.54) is 0 Å². The maximum atomic E-state index is 4.41. The second-order valence-electron chi connectivity index (χ2n) is 4.91. The zero-order valence-electron chi connectivity index (χ0n) is 11.1. The highest BCUT2D eigenvalue weighted by molar-refractivity contribution is 7.22. The Kier molecular flexibility index (Phi) is 4.29. The van der Waals surface area contributed by atoms with Gasteiger partial charge in [-0.2, -0.15) is 0 Å². The molecule has 2 rings (SSSR count). The second-order valence-corrected chi connectivity index (χ2v) is 6.74. The minimum absolute atomic E-state index is 0.419. The van der Waals surface area contributed by atoms with E-state index < -0.39 is 0 Å². The van der Waals surface area contributed by atoms with Gasteiger partial charge in [-0.15, -0.1) is 21.5 Å². The van der Waals surface area contributed by atoms with Crippen LogP contribution in [0, 0.1) is 5.92 Å². The normalized spacial score (nSPS) is 11.4. The lowest BCUT2D eigenvalue weighted by Crippen LogP contribution is -2.07. The molecule has 0 radical (unpaired) electrons. The fourth-order valence-electron chi connectivity index (χ4n) is 1.50. The molecular weight excluding hydrogens is 264 g/mol. The van der Waals surface area contributed by atoms with Crippen LogP contribution in [-0.4, -0.2) is 21.7 Å². The molecule has 98 valence electrons. The Balaban J connectivity index is 2.16. The predicted octanol–water partition coefficient (Wildman–Crippen LogP) is 3.85. The van der Waals surface area contributed by atoms with E-state index in [4.69, 9.17) is 0 Å². The van der Waals surface area contributed by atoms with Gasteiger partial charge in [0.2, 0.25) is 5.13 Å². The van der Waals surface area contributed by atoms with E-state index in [2.05, 4.69) is 48.2 Å². The van der Waals surface area contributed by atoms with Gasteiger partial charge in [-0.1, -0.05) is 39.0 Å². The van der Waals surface area contributed by atoms with Crippen molar-refractivity contribution < 1.29 is 0 Å². The largest absolute Gasteiger partial charge is 0.360 e. The van der Waals surface area contributed by atoms with E-state index >= 15 is 0 Å². The summed E-state index contributed by atoms with van der Waals surface area (Å²) in [5.41, 5.74) is 3.00. The maximum absolute atomic E-state index is 4.41. The number of nitrogens with one attached hydrogen (secondary N) is 1. The van der Waals surface area contributed by atoms with Crippen LogP contribution in [0.3, 0.4) is 0 Å². The molecule has 0 fully saturated rings. The molecule has 18 heavy (non-hydrogen) atoms. The number of nitrogens with zero attached hydrogens (tertiary/aromatic N) is 3. The van der Waals surface area contributed by atoms with Gasteiger partial charge in [0, 0.05) is 6.54 Å². The Bertz CT molecular complexity index is 502. The molecule has 6 heteroatoms. The van der Waals surface area contributed by atoms with E-state index in [0.29, 0.717) is 11.8 Å². The molecule has 0 aliphatic carbocycles. The smallest absolute Gasteiger partial charge is 0.206 e.